The molecule has 64 valence electrons. The lowest BCUT2D eigenvalue weighted by molar-refractivity contribution is 0.504. The van der Waals surface area contributed by atoms with E-state index in [1.165, 1.54) is 38.5 Å². The Kier molecular flexibility index (Phi) is 23.6. The molecule has 0 bridgehead atoms. The highest BCUT2D eigenvalue weighted by atomic mass is 128. The molecule has 0 radical (unpaired) electrons. The monoisotopic (exact) mass is 368 g/mol. The molecule has 0 aromatic heterocycles. The van der Waals surface area contributed by atoms with Crippen LogP contribution in [-0.2, 0) is 0 Å². The standard InChI is InChI=1S/C6H12.C2H6.I2/c1-2-4-6-5-3-1;2*1-2/h1-6H2;1-2H3;. The first-order chi connectivity index (χ1) is 5.00. The van der Waals surface area contributed by atoms with Crippen LogP contribution < -0.4 is 0 Å². The third-order valence-electron chi connectivity index (χ3n) is 1.50. The molecule has 0 saturated heterocycles. The second-order valence-corrected chi connectivity index (χ2v) is 2.12. The molecular formula is C8H18I2. The number of rotatable bonds is 0. The molecular weight excluding hydrogens is 350 g/mol. The fourth-order valence-corrected chi connectivity index (χ4v) is 1.06. The molecule has 2 heteroatoms. The van der Waals surface area contributed by atoms with Gasteiger partial charge in [-0.25, -0.2) is 0 Å². The van der Waals surface area contributed by atoms with Crippen LogP contribution in [-0.4, -0.2) is 0 Å². The summed E-state index contributed by atoms with van der Waals surface area (Å²) in [5.74, 6) is 0. The maximum absolute atomic E-state index is 2.12. The highest BCUT2D eigenvalue weighted by Crippen LogP contribution is 2.15. The van der Waals surface area contributed by atoms with Gasteiger partial charge in [0.15, 0.2) is 0 Å². The topological polar surface area (TPSA) is 0 Å². The Balaban J connectivity index is 0. The van der Waals surface area contributed by atoms with E-state index >= 15 is 0 Å². The minimum Gasteiger partial charge on any atom is -0.0683 e. The van der Waals surface area contributed by atoms with E-state index in [-0.39, 0.29) is 0 Å². The fraction of sp³-hybridized carbons (Fsp3) is 1.00. The Morgan fingerprint density at radius 3 is 0.800 bits per heavy atom. The van der Waals surface area contributed by atoms with Crippen molar-refractivity contribution in [3.05, 3.63) is 0 Å². The van der Waals surface area contributed by atoms with Crippen molar-refractivity contribution in [2.75, 3.05) is 0 Å². The summed E-state index contributed by atoms with van der Waals surface area (Å²) >= 11 is 4.24. The summed E-state index contributed by atoms with van der Waals surface area (Å²) in [5.41, 5.74) is 0. The van der Waals surface area contributed by atoms with Crippen molar-refractivity contribution in [3.63, 3.8) is 0 Å². The van der Waals surface area contributed by atoms with Crippen molar-refractivity contribution < 1.29 is 0 Å². The Labute approximate surface area is 88.9 Å². The van der Waals surface area contributed by atoms with Crippen LogP contribution in [0.5, 0.6) is 0 Å². The van der Waals surface area contributed by atoms with E-state index in [9.17, 15) is 0 Å². The van der Waals surface area contributed by atoms with Crippen LogP contribution in [0.2, 0.25) is 0 Å². The molecule has 0 spiro atoms. The van der Waals surface area contributed by atoms with Crippen LogP contribution >= 0.6 is 37.2 Å². The van der Waals surface area contributed by atoms with E-state index in [2.05, 4.69) is 37.2 Å². The van der Waals surface area contributed by atoms with Gasteiger partial charge in [-0.05, 0) is 0 Å². The zero-order chi connectivity index (χ0) is 8.24. The average molecular weight is 368 g/mol. The first-order valence-electron chi connectivity index (χ1n) is 4.14. The van der Waals surface area contributed by atoms with Gasteiger partial charge in [-0.1, -0.05) is 52.4 Å². The molecule has 0 atom stereocenters. The van der Waals surface area contributed by atoms with Crippen molar-refractivity contribution in [1.82, 2.24) is 0 Å². The second-order valence-electron chi connectivity index (χ2n) is 2.12. The Morgan fingerprint density at radius 1 is 0.600 bits per heavy atom. The molecule has 1 rings (SSSR count). The summed E-state index contributed by atoms with van der Waals surface area (Å²) in [6.07, 6.45) is 9.00. The molecule has 1 aliphatic rings. The van der Waals surface area contributed by atoms with Crippen LogP contribution in [0.1, 0.15) is 52.4 Å². The Hall–Kier alpha value is 1.46. The van der Waals surface area contributed by atoms with Gasteiger partial charge >= 0.3 is 0 Å². The highest BCUT2D eigenvalue weighted by Gasteiger charge is 1.95. The van der Waals surface area contributed by atoms with E-state index in [4.69, 9.17) is 0 Å². The van der Waals surface area contributed by atoms with Gasteiger partial charge < -0.3 is 0 Å². The van der Waals surface area contributed by atoms with Gasteiger partial charge in [0.1, 0.15) is 0 Å². The van der Waals surface area contributed by atoms with Gasteiger partial charge in [-0.3, -0.25) is 0 Å². The van der Waals surface area contributed by atoms with Gasteiger partial charge in [-0.15, -0.1) is 0 Å². The molecule has 0 N–H and O–H groups in total. The molecule has 0 aromatic carbocycles. The summed E-state index contributed by atoms with van der Waals surface area (Å²) < 4.78 is 0. The summed E-state index contributed by atoms with van der Waals surface area (Å²) in [5, 5.41) is 0. The summed E-state index contributed by atoms with van der Waals surface area (Å²) in [6, 6.07) is 0. The normalized spacial score (nSPS) is 15.6. The molecule has 0 amide bonds. The Bertz CT molecular complexity index is 22.7. The summed E-state index contributed by atoms with van der Waals surface area (Å²) in [7, 11) is 0. The SMILES string of the molecule is C1CCCCC1.CC.II. The van der Waals surface area contributed by atoms with Crippen LogP contribution in [0, 0.1) is 0 Å². The van der Waals surface area contributed by atoms with E-state index in [1.807, 2.05) is 13.8 Å². The molecule has 1 saturated carbocycles. The van der Waals surface area contributed by atoms with E-state index in [0.717, 1.165) is 0 Å². The van der Waals surface area contributed by atoms with E-state index < -0.39 is 0 Å². The lowest BCUT2D eigenvalue weighted by Gasteiger charge is -2.05. The van der Waals surface area contributed by atoms with Crippen molar-refractivity contribution in [3.8, 4) is 0 Å². The van der Waals surface area contributed by atoms with Crippen molar-refractivity contribution in [2.24, 2.45) is 0 Å². The maximum Gasteiger partial charge on any atom is 0 e. The zero-order valence-corrected chi connectivity index (χ0v) is 11.3. The molecule has 1 aliphatic carbocycles. The van der Waals surface area contributed by atoms with Gasteiger partial charge in [0.05, 0.1) is 0 Å². The van der Waals surface area contributed by atoms with Crippen LogP contribution in [0.25, 0.3) is 0 Å². The van der Waals surface area contributed by atoms with Crippen LogP contribution in [0.15, 0.2) is 0 Å². The lowest BCUT2D eigenvalue weighted by Crippen LogP contribution is -1.85. The van der Waals surface area contributed by atoms with Gasteiger partial charge in [0.25, 0.3) is 0 Å². The largest absolute Gasteiger partial charge is 0.0683 e. The van der Waals surface area contributed by atoms with E-state index in [1.54, 1.807) is 0 Å². The predicted molar refractivity (Wildman–Crippen MR) is 67.1 cm³/mol. The first kappa shape index (κ1) is 14.0. The average Bonchev–Trinajstić information content (AvgIpc) is 2.14. The molecule has 10 heavy (non-hydrogen) atoms. The quantitative estimate of drug-likeness (QED) is 0.520. The molecule has 0 nitrogen and oxygen atoms in total. The smallest absolute Gasteiger partial charge is 0 e. The van der Waals surface area contributed by atoms with Crippen molar-refractivity contribution in [1.29, 1.82) is 0 Å². The molecule has 0 aromatic rings. The van der Waals surface area contributed by atoms with E-state index in [0.29, 0.717) is 0 Å². The first-order valence-corrected chi connectivity index (χ1v) is 10.4. The van der Waals surface area contributed by atoms with Crippen LogP contribution in [0.3, 0.4) is 0 Å². The third kappa shape index (κ3) is 12.2. The van der Waals surface area contributed by atoms with Crippen LogP contribution in [0.4, 0.5) is 0 Å². The van der Waals surface area contributed by atoms with Gasteiger partial charge in [0, 0.05) is 37.2 Å². The van der Waals surface area contributed by atoms with Crippen molar-refractivity contribution in [2.45, 2.75) is 52.4 Å². The fourth-order valence-electron chi connectivity index (χ4n) is 1.06. The summed E-state index contributed by atoms with van der Waals surface area (Å²) in [6.45, 7) is 4.00. The van der Waals surface area contributed by atoms with Crippen molar-refractivity contribution >= 4 is 37.2 Å². The van der Waals surface area contributed by atoms with Gasteiger partial charge in [0.2, 0.25) is 0 Å². The summed E-state index contributed by atoms with van der Waals surface area (Å²) in [4.78, 5) is 0. The highest BCUT2D eigenvalue weighted by molar-refractivity contribution is 15.0. The molecule has 0 unspecified atom stereocenters. The molecule has 0 aliphatic heterocycles. The third-order valence-corrected chi connectivity index (χ3v) is 1.50. The minimum absolute atomic E-state index is 1.50. The number of halogens is 2. The maximum atomic E-state index is 2.12. The molecule has 1 fully saturated rings. The molecule has 0 heterocycles. The Morgan fingerprint density at radius 2 is 0.700 bits per heavy atom. The zero-order valence-electron chi connectivity index (χ0n) is 7.00. The number of hydrogen-bond acceptors (Lipinski definition) is 0. The minimum atomic E-state index is 1.50. The lowest BCUT2D eigenvalue weighted by atomic mass is 10.0. The van der Waals surface area contributed by atoms with Gasteiger partial charge in [-0.2, -0.15) is 0 Å². The second kappa shape index (κ2) is 16.8. The predicted octanol–water partition coefficient (Wildman–Crippen LogP) is 5.14. The number of hydrogen-bond donors (Lipinski definition) is 0.